The van der Waals surface area contributed by atoms with Crippen molar-refractivity contribution in [3.8, 4) is 22.6 Å². The van der Waals surface area contributed by atoms with Crippen LogP contribution in [0, 0.1) is 0 Å². The second-order valence-electron chi connectivity index (χ2n) is 6.39. The quantitative estimate of drug-likeness (QED) is 0.769. The minimum atomic E-state index is -0.326. The van der Waals surface area contributed by atoms with Gasteiger partial charge in [-0.15, -0.1) is 0 Å². The molecule has 23 heavy (non-hydrogen) atoms. The summed E-state index contributed by atoms with van der Waals surface area (Å²) in [7, 11) is 1.64. The van der Waals surface area contributed by atoms with E-state index in [2.05, 4.69) is 9.97 Å². The van der Waals surface area contributed by atoms with Crippen molar-refractivity contribution in [3.05, 3.63) is 46.9 Å². The number of ether oxygens (including phenoxy) is 2. The Balaban J connectivity index is 0.00000208. The molecule has 122 valence electrons. The topological polar surface area (TPSA) is 67.1 Å². The summed E-state index contributed by atoms with van der Waals surface area (Å²) in [5, 5.41) is 0. The van der Waals surface area contributed by atoms with Crippen LogP contribution < -0.4 is 15.2 Å². The van der Waals surface area contributed by atoms with Gasteiger partial charge in [0.2, 0.25) is 0 Å². The molecule has 1 aromatic heterocycles. The maximum absolute atomic E-state index is 11.5. The first-order chi connectivity index (χ1) is 10.9. The largest absolute Gasteiger partial charge is 0.496 e. The molecule has 0 amide bonds. The molecule has 1 heterocycles. The van der Waals surface area contributed by atoms with Gasteiger partial charge in [0.15, 0.2) is 0 Å². The van der Waals surface area contributed by atoms with Crippen LogP contribution in [0.2, 0.25) is 0 Å². The van der Waals surface area contributed by atoms with Crippen molar-refractivity contribution >= 4 is 11.0 Å². The fraction of sp³-hybridized carbons (Fsp3) is 0.278. The molecule has 2 aromatic carbocycles. The zero-order valence-electron chi connectivity index (χ0n) is 13.7. The maximum Gasteiger partial charge on any atom is 0.323 e. The van der Waals surface area contributed by atoms with Crippen molar-refractivity contribution < 1.29 is 10.9 Å². The molecule has 5 heteroatoms. The van der Waals surface area contributed by atoms with Crippen LogP contribution in [0.4, 0.5) is 0 Å². The van der Waals surface area contributed by atoms with E-state index >= 15 is 0 Å². The van der Waals surface area contributed by atoms with Crippen LogP contribution in [-0.2, 0) is 0 Å². The number of imidazole rings is 1. The molecule has 3 aromatic rings. The van der Waals surface area contributed by atoms with E-state index in [1.54, 1.807) is 7.11 Å². The van der Waals surface area contributed by atoms with Gasteiger partial charge in [0.25, 0.3) is 0 Å². The summed E-state index contributed by atoms with van der Waals surface area (Å²) in [5.41, 5.74) is 2.77. The van der Waals surface area contributed by atoms with Gasteiger partial charge in [-0.05, 0) is 50.6 Å². The smallest absolute Gasteiger partial charge is 0.323 e. The van der Waals surface area contributed by atoms with Crippen molar-refractivity contribution in [1.29, 1.82) is 0 Å². The number of rotatable bonds is 3. The normalized spacial score (nSPS) is 11.7. The van der Waals surface area contributed by atoms with Crippen LogP contribution in [0.1, 0.15) is 22.2 Å². The van der Waals surface area contributed by atoms with Gasteiger partial charge in [0.1, 0.15) is 17.1 Å². The van der Waals surface area contributed by atoms with Crippen molar-refractivity contribution in [1.82, 2.24) is 9.97 Å². The average molecular weight is 314 g/mol. The van der Waals surface area contributed by atoms with Gasteiger partial charge >= 0.3 is 5.69 Å². The predicted molar refractivity (Wildman–Crippen MR) is 93.4 cm³/mol. The number of methoxy groups -OCH3 is 1. The number of nitrogens with one attached hydrogen (secondary N) is 2. The number of hydrogen-bond donors (Lipinski definition) is 2. The Bertz CT molecular complexity index is 907. The predicted octanol–water partition coefficient (Wildman–Crippen LogP) is 3.96. The molecular formula is C18H22N2O3. The number of H-pyrrole nitrogens is 2. The second kappa shape index (κ2) is 5.50. The summed E-state index contributed by atoms with van der Waals surface area (Å²) in [6.07, 6.45) is 0. The van der Waals surface area contributed by atoms with Crippen LogP contribution >= 0.6 is 0 Å². The van der Waals surface area contributed by atoms with Crippen molar-refractivity contribution in [2.75, 3.05) is 7.11 Å². The molecule has 0 bridgehead atoms. The van der Waals surface area contributed by atoms with Gasteiger partial charge in [-0.1, -0.05) is 12.1 Å². The van der Waals surface area contributed by atoms with E-state index in [4.69, 9.17) is 9.47 Å². The Morgan fingerprint density at radius 2 is 1.70 bits per heavy atom. The van der Waals surface area contributed by atoms with Gasteiger partial charge < -0.3 is 19.4 Å². The molecule has 0 spiro atoms. The summed E-state index contributed by atoms with van der Waals surface area (Å²) in [6.45, 7) is 6.01. The molecule has 5 nitrogen and oxygen atoms in total. The highest BCUT2D eigenvalue weighted by Crippen LogP contribution is 2.40. The molecule has 0 aliphatic heterocycles. The molecule has 0 unspecified atom stereocenters. The van der Waals surface area contributed by atoms with Gasteiger partial charge in [-0.25, -0.2) is 4.79 Å². The summed E-state index contributed by atoms with van der Waals surface area (Å²) >= 11 is 0. The zero-order chi connectivity index (χ0) is 16.6. The van der Waals surface area contributed by atoms with Crippen molar-refractivity contribution in [2.24, 2.45) is 0 Å². The average Bonchev–Trinajstić information content (AvgIpc) is 2.84. The van der Waals surface area contributed by atoms with E-state index in [0.717, 1.165) is 33.7 Å². The molecular weight excluding hydrogens is 292 g/mol. The molecule has 0 saturated carbocycles. The number of benzene rings is 2. The Labute approximate surface area is 135 Å². The monoisotopic (exact) mass is 314 g/mol. The molecule has 0 aliphatic rings. The van der Waals surface area contributed by atoms with Crippen LogP contribution in [0.25, 0.3) is 22.2 Å². The Kier molecular flexibility index (Phi) is 3.64. The third-order valence-electron chi connectivity index (χ3n) is 3.43. The standard InChI is InChI=1S/C18H20N2O3.H2/c1-18(2,3)23-15-7-5-6-14(22-4)16(15)11-8-9-12-13(10-11)20-17(21)19-12;/h5-10H,1-4H3,(H2,19,20,21);1H. The summed E-state index contributed by atoms with van der Waals surface area (Å²) in [4.78, 5) is 17.0. The molecule has 0 aliphatic carbocycles. The van der Waals surface area contributed by atoms with E-state index in [0.29, 0.717) is 0 Å². The third kappa shape index (κ3) is 3.08. The number of hydrogen-bond acceptors (Lipinski definition) is 3. The summed E-state index contributed by atoms with van der Waals surface area (Å²) in [5.74, 6) is 1.47. The van der Waals surface area contributed by atoms with Crippen LogP contribution in [0.15, 0.2) is 41.2 Å². The van der Waals surface area contributed by atoms with Gasteiger partial charge in [0.05, 0.1) is 23.7 Å². The first-order valence-electron chi connectivity index (χ1n) is 7.46. The Morgan fingerprint density at radius 1 is 1.00 bits per heavy atom. The van der Waals surface area contributed by atoms with E-state index in [1.807, 2.05) is 57.2 Å². The lowest BCUT2D eigenvalue weighted by atomic mass is 10.0. The van der Waals surface area contributed by atoms with E-state index in [-0.39, 0.29) is 12.7 Å². The van der Waals surface area contributed by atoms with Crippen LogP contribution in [-0.4, -0.2) is 22.7 Å². The van der Waals surface area contributed by atoms with Crippen molar-refractivity contribution in [3.63, 3.8) is 0 Å². The molecule has 0 atom stereocenters. The molecule has 3 rings (SSSR count). The van der Waals surface area contributed by atoms with Gasteiger partial charge in [-0.3, -0.25) is 0 Å². The number of aromatic amines is 2. The zero-order valence-corrected chi connectivity index (χ0v) is 13.7. The van der Waals surface area contributed by atoms with Gasteiger partial charge in [-0.2, -0.15) is 0 Å². The third-order valence-corrected chi connectivity index (χ3v) is 3.43. The van der Waals surface area contributed by atoms with E-state index < -0.39 is 0 Å². The van der Waals surface area contributed by atoms with Crippen LogP contribution in [0.3, 0.4) is 0 Å². The number of fused-ring (bicyclic) bond motifs is 1. The first-order valence-corrected chi connectivity index (χ1v) is 7.46. The summed E-state index contributed by atoms with van der Waals surface area (Å²) < 4.78 is 11.6. The lowest BCUT2D eigenvalue weighted by Gasteiger charge is -2.24. The van der Waals surface area contributed by atoms with Crippen molar-refractivity contribution in [2.45, 2.75) is 26.4 Å². The highest BCUT2D eigenvalue weighted by molar-refractivity contribution is 5.85. The molecule has 2 N–H and O–H groups in total. The van der Waals surface area contributed by atoms with Gasteiger partial charge in [0, 0.05) is 1.43 Å². The molecule has 0 saturated heterocycles. The first kappa shape index (κ1) is 15.2. The highest BCUT2D eigenvalue weighted by Gasteiger charge is 2.19. The second-order valence-corrected chi connectivity index (χ2v) is 6.39. The minimum absolute atomic E-state index is 0. The number of aromatic nitrogens is 2. The summed E-state index contributed by atoms with van der Waals surface area (Å²) in [6, 6.07) is 11.5. The van der Waals surface area contributed by atoms with E-state index in [1.165, 1.54) is 0 Å². The highest BCUT2D eigenvalue weighted by atomic mass is 16.5. The lowest BCUT2D eigenvalue weighted by molar-refractivity contribution is 0.131. The van der Waals surface area contributed by atoms with E-state index in [9.17, 15) is 4.79 Å². The van der Waals surface area contributed by atoms with Crippen LogP contribution in [0.5, 0.6) is 11.5 Å². The SMILES string of the molecule is COc1cccc(OC(C)(C)C)c1-c1ccc2[nH]c(=O)[nH]c2c1.[HH]. The molecule has 0 radical (unpaired) electrons. The minimum Gasteiger partial charge on any atom is -0.496 e. The fourth-order valence-corrected chi connectivity index (χ4v) is 2.57. The molecule has 0 fully saturated rings. The lowest BCUT2D eigenvalue weighted by Crippen LogP contribution is -2.23. The maximum atomic E-state index is 11.5. The fourth-order valence-electron chi connectivity index (χ4n) is 2.57. The Hall–Kier alpha value is -2.69. The Morgan fingerprint density at radius 3 is 2.39 bits per heavy atom.